The van der Waals surface area contributed by atoms with Crippen LogP contribution in [0.1, 0.15) is 54.7 Å². The molecule has 9 heteroatoms. The van der Waals surface area contributed by atoms with Crippen molar-refractivity contribution in [1.82, 2.24) is 19.5 Å². The molecule has 0 radical (unpaired) electrons. The monoisotopic (exact) mass is 477 g/mol. The first-order valence-corrected chi connectivity index (χ1v) is 12.6. The van der Waals surface area contributed by atoms with Gasteiger partial charge in [-0.1, -0.05) is 13.0 Å². The summed E-state index contributed by atoms with van der Waals surface area (Å²) in [4.78, 5) is 24.6. The highest BCUT2D eigenvalue weighted by Gasteiger charge is 2.27. The van der Waals surface area contributed by atoms with Crippen LogP contribution in [-0.2, 0) is 0 Å². The SMILES string of the molecule is CC[C@H]1c2cc3nc(N4CC[C@H](N)C4)cc(n3n2)N(C)CCCCOc2cccc(c2)C(=O)N1C. The Morgan fingerprint density at radius 2 is 2.00 bits per heavy atom. The second-order valence-electron chi connectivity index (χ2n) is 9.65. The fourth-order valence-electron chi connectivity index (χ4n) is 5.06. The molecular weight excluding hydrogens is 442 g/mol. The number of hydrogen-bond donors (Lipinski definition) is 1. The van der Waals surface area contributed by atoms with Crippen LogP contribution >= 0.6 is 0 Å². The van der Waals surface area contributed by atoms with Crippen molar-refractivity contribution in [3.8, 4) is 5.75 Å². The van der Waals surface area contributed by atoms with Crippen LogP contribution in [0.15, 0.2) is 36.4 Å². The number of rotatable bonds is 2. The number of carbonyl (C=O) groups excluding carboxylic acids is 1. The molecule has 3 aromatic rings. The summed E-state index contributed by atoms with van der Waals surface area (Å²) in [5, 5.41) is 4.98. The minimum Gasteiger partial charge on any atom is -0.494 e. The van der Waals surface area contributed by atoms with Crippen LogP contribution in [0.3, 0.4) is 0 Å². The van der Waals surface area contributed by atoms with E-state index in [2.05, 4.69) is 29.8 Å². The molecule has 4 heterocycles. The number of amides is 1. The van der Waals surface area contributed by atoms with Gasteiger partial charge in [-0.15, -0.1) is 0 Å². The van der Waals surface area contributed by atoms with Crippen molar-refractivity contribution in [2.45, 2.75) is 44.7 Å². The standard InChI is InChI=1S/C26H35N7O2/c1-4-22-21-15-24-28-23(32-12-10-19(27)17-32)16-25(33(24)29-21)30(2)11-5-6-13-35-20-9-7-8-18(14-20)26(34)31(22)3/h7-9,14-16,19,22H,4-6,10-13,17,27H2,1-3H3/t19-,22-/m0/s1. The third-order valence-corrected chi connectivity index (χ3v) is 7.11. The van der Waals surface area contributed by atoms with Crippen molar-refractivity contribution >= 4 is 23.2 Å². The molecule has 35 heavy (non-hydrogen) atoms. The maximum Gasteiger partial charge on any atom is 0.254 e. The molecule has 0 spiro atoms. The summed E-state index contributed by atoms with van der Waals surface area (Å²) < 4.78 is 7.88. The maximum absolute atomic E-state index is 13.4. The molecule has 2 N–H and O–H groups in total. The van der Waals surface area contributed by atoms with Gasteiger partial charge in [-0.05, 0) is 43.9 Å². The van der Waals surface area contributed by atoms with Crippen molar-refractivity contribution in [1.29, 1.82) is 0 Å². The van der Waals surface area contributed by atoms with Crippen molar-refractivity contribution < 1.29 is 9.53 Å². The van der Waals surface area contributed by atoms with Gasteiger partial charge >= 0.3 is 0 Å². The lowest BCUT2D eigenvalue weighted by atomic mass is 10.1. The van der Waals surface area contributed by atoms with Gasteiger partial charge in [-0.2, -0.15) is 9.61 Å². The van der Waals surface area contributed by atoms with E-state index >= 15 is 0 Å². The number of anilines is 2. The highest BCUT2D eigenvalue weighted by atomic mass is 16.5. The minimum atomic E-state index is -0.177. The first-order valence-electron chi connectivity index (χ1n) is 12.6. The third kappa shape index (κ3) is 4.65. The molecule has 2 aliphatic rings. The van der Waals surface area contributed by atoms with E-state index in [9.17, 15) is 4.79 Å². The molecule has 0 unspecified atom stereocenters. The van der Waals surface area contributed by atoms with Gasteiger partial charge in [0.2, 0.25) is 0 Å². The summed E-state index contributed by atoms with van der Waals surface area (Å²) in [6, 6.07) is 11.6. The Hall–Kier alpha value is -3.33. The zero-order chi connectivity index (χ0) is 24.5. The maximum atomic E-state index is 13.4. The van der Waals surface area contributed by atoms with Gasteiger partial charge in [0.05, 0.1) is 18.3 Å². The van der Waals surface area contributed by atoms with Gasteiger partial charge in [0.15, 0.2) is 5.65 Å². The lowest BCUT2D eigenvalue weighted by Gasteiger charge is -2.26. The van der Waals surface area contributed by atoms with Crippen LogP contribution < -0.4 is 20.3 Å². The Kier molecular flexibility index (Phi) is 6.51. The molecule has 4 bridgehead atoms. The number of nitrogens with two attached hydrogens (primary N) is 1. The predicted octanol–water partition coefficient (Wildman–Crippen LogP) is 3.10. The molecule has 1 amide bonds. The zero-order valence-electron chi connectivity index (χ0n) is 20.9. The number of benzene rings is 1. The molecule has 2 atom stereocenters. The predicted molar refractivity (Wildman–Crippen MR) is 137 cm³/mol. The van der Waals surface area contributed by atoms with Crippen LogP contribution in [0.4, 0.5) is 11.6 Å². The summed E-state index contributed by atoms with van der Waals surface area (Å²) in [5.74, 6) is 2.58. The van der Waals surface area contributed by atoms with Gasteiger partial charge in [0.25, 0.3) is 5.91 Å². The summed E-state index contributed by atoms with van der Waals surface area (Å²) in [6.45, 7) is 5.25. The van der Waals surface area contributed by atoms with Gasteiger partial charge in [0, 0.05) is 57.5 Å². The zero-order valence-corrected chi connectivity index (χ0v) is 20.9. The average molecular weight is 478 g/mol. The van der Waals surface area contributed by atoms with Crippen LogP contribution in [0, 0.1) is 0 Å². The molecule has 2 aliphatic heterocycles. The molecule has 9 nitrogen and oxygen atoms in total. The molecule has 1 fully saturated rings. The van der Waals surface area contributed by atoms with Crippen LogP contribution in [0.25, 0.3) is 5.65 Å². The number of ether oxygens (including phenoxy) is 1. The van der Waals surface area contributed by atoms with E-state index in [0.717, 1.165) is 74.0 Å². The third-order valence-electron chi connectivity index (χ3n) is 7.11. The van der Waals surface area contributed by atoms with E-state index in [0.29, 0.717) is 12.2 Å². The summed E-state index contributed by atoms with van der Waals surface area (Å²) in [7, 11) is 3.94. The molecule has 186 valence electrons. The number of carbonyl (C=O) groups is 1. The second-order valence-corrected chi connectivity index (χ2v) is 9.65. The van der Waals surface area contributed by atoms with Crippen molar-refractivity contribution in [2.75, 3.05) is 50.1 Å². The highest BCUT2D eigenvalue weighted by molar-refractivity contribution is 5.94. The smallest absolute Gasteiger partial charge is 0.254 e. The molecular formula is C26H35N7O2. The van der Waals surface area contributed by atoms with Crippen molar-refractivity contribution in [3.05, 3.63) is 47.7 Å². The van der Waals surface area contributed by atoms with Crippen LogP contribution in [0.5, 0.6) is 5.75 Å². The van der Waals surface area contributed by atoms with Gasteiger partial charge < -0.3 is 25.2 Å². The fourth-order valence-corrected chi connectivity index (χ4v) is 5.06. The first kappa shape index (κ1) is 23.4. The Morgan fingerprint density at radius 3 is 2.77 bits per heavy atom. The van der Waals surface area contributed by atoms with Gasteiger partial charge in [-0.25, -0.2) is 4.98 Å². The Morgan fingerprint density at radius 1 is 1.14 bits per heavy atom. The van der Waals surface area contributed by atoms with E-state index in [-0.39, 0.29) is 18.0 Å². The van der Waals surface area contributed by atoms with Gasteiger partial charge in [-0.3, -0.25) is 4.79 Å². The van der Waals surface area contributed by atoms with Gasteiger partial charge in [0.1, 0.15) is 17.4 Å². The molecule has 1 saturated heterocycles. The lowest BCUT2D eigenvalue weighted by Crippen LogP contribution is -2.31. The summed E-state index contributed by atoms with van der Waals surface area (Å²) in [5.41, 5.74) is 8.42. The largest absolute Gasteiger partial charge is 0.494 e. The molecule has 2 aromatic heterocycles. The highest BCUT2D eigenvalue weighted by Crippen LogP contribution is 2.30. The van der Waals surface area contributed by atoms with E-state index in [4.69, 9.17) is 20.6 Å². The number of aromatic nitrogens is 3. The van der Waals surface area contributed by atoms with Crippen molar-refractivity contribution in [3.63, 3.8) is 0 Å². The Labute approximate surface area is 206 Å². The average Bonchev–Trinajstić information content (AvgIpc) is 3.48. The Bertz CT molecular complexity index is 1210. The lowest BCUT2D eigenvalue weighted by molar-refractivity contribution is 0.0722. The topological polar surface area (TPSA) is 92.2 Å². The number of fused-ring (bicyclic) bond motifs is 3. The fraction of sp³-hybridized carbons (Fsp3) is 0.500. The second kappa shape index (κ2) is 9.73. The molecule has 5 rings (SSSR count). The van der Waals surface area contributed by atoms with Crippen LogP contribution in [-0.4, -0.2) is 71.8 Å². The van der Waals surface area contributed by atoms with Crippen LogP contribution in [0.2, 0.25) is 0 Å². The first-order chi connectivity index (χ1) is 16.9. The normalized spacial score (nSPS) is 21.7. The quantitative estimate of drug-likeness (QED) is 0.606. The number of nitrogens with zero attached hydrogens (tertiary/aromatic N) is 6. The van der Waals surface area contributed by atoms with E-state index in [1.807, 2.05) is 41.9 Å². The molecule has 1 aromatic carbocycles. The summed E-state index contributed by atoms with van der Waals surface area (Å²) >= 11 is 0. The summed E-state index contributed by atoms with van der Waals surface area (Å²) in [6.07, 6.45) is 3.58. The van der Waals surface area contributed by atoms with E-state index < -0.39 is 0 Å². The van der Waals surface area contributed by atoms with E-state index in [1.165, 1.54) is 0 Å². The number of hydrogen-bond acceptors (Lipinski definition) is 7. The van der Waals surface area contributed by atoms with E-state index in [1.54, 1.807) is 4.90 Å². The van der Waals surface area contributed by atoms with Crippen molar-refractivity contribution in [2.24, 2.45) is 5.73 Å². The minimum absolute atomic E-state index is 0.0523. The Balaban J connectivity index is 1.59. The molecule has 0 saturated carbocycles. The molecule has 0 aliphatic carbocycles.